The van der Waals surface area contributed by atoms with Crippen molar-refractivity contribution in [1.82, 2.24) is 0 Å². The van der Waals surface area contributed by atoms with Crippen molar-refractivity contribution >= 4 is 0 Å². The topological polar surface area (TPSA) is 219 Å². The van der Waals surface area contributed by atoms with Crippen LogP contribution in [0.15, 0.2) is 23.3 Å². The first-order chi connectivity index (χ1) is 24.0. The molecule has 0 aromatic carbocycles. The highest BCUT2D eigenvalue weighted by atomic mass is 16.8. The Morgan fingerprint density at radius 2 is 1.61 bits per heavy atom. The summed E-state index contributed by atoms with van der Waals surface area (Å²) >= 11 is 0. The van der Waals surface area contributed by atoms with E-state index in [4.69, 9.17) is 18.9 Å². The first-order valence-electron chi connectivity index (χ1n) is 19.0. The molecule has 0 bridgehead atoms. The van der Waals surface area contributed by atoms with Gasteiger partial charge < -0.3 is 64.9 Å². The van der Waals surface area contributed by atoms with Crippen LogP contribution in [-0.2, 0) is 18.9 Å². The zero-order valence-electron chi connectivity index (χ0n) is 30.6. The third-order valence-corrected chi connectivity index (χ3v) is 14.0. The summed E-state index contributed by atoms with van der Waals surface area (Å²) in [5.41, 5.74) is 1.42. The average molecular weight is 727 g/mol. The maximum Gasteiger partial charge on any atom is 0.187 e. The molecule has 13 nitrogen and oxygen atoms in total. The van der Waals surface area contributed by atoms with Crippen LogP contribution >= 0.6 is 0 Å². The van der Waals surface area contributed by atoms with Crippen LogP contribution in [0.5, 0.6) is 0 Å². The predicted octanol–water partition coefficient (Wildman–Crippen LogP) is 0.509. The minimum absolute atomic E-state index is 0.0133. The largest absolute Gasteiger partial charge is 0.394 e. The van der Waals surface area contributed by atoms with Crippen LogP contribution in [0.2, 0.25) is 0 Å². The third-order valence-electron chi connectivity index (χ3n) is 14.0. The van der Waals surface area contributed by atoms with Crippen molar-refractivity contribution in [3.05, 3.63) is 23.3 Å². The summed E-state index contributed by atoms with van der Waals surface area (Å²) in [6.45, 7) is 10.1. The van der Waals surface area contributed by atoms with Gasteiger partial charge in [0.1, 0.15) is 54.9 Å². The van der Waals surface area contributed by atoms with Gasteiger partial charge in [0, 0.05) is 0 Å². The molecule has 2 heterocycles. The minimum Gasteiger partial charge on any atom is -0.394 e. The first-order valence-corrected chi connectivity index (χ1v) is 19.0. The Morgan fingerprint density at radius 1 is 0.882 bits per heavy atom. The quantitative estimate of drug-likeness (QED) is 0.148. The summed E-state index contributed by atoms with van der Waals surface area (Å²) in [5, 5.41) is 97.1. The van der Waals surface area contributed by atoms with Gasteiger partial charge in [0.2, 0.25) is 0 Å². The van der Waals surface area contributed by atoms with Crippen LogP contribution in [-0.4, -0.2) is 139 Å². The van der Waals surface area contributed by atoms with Gasteiger partial charge in [-0.15, -0.1) is 0 Å². The van der Waals surface area contributed by atoms with Gasteiger partial charge in [0.15, 0.2) is 12.6 Å². The van der Waals surface area contributed by atoms with E-state index in [1.54, 1.807) is 6.08 Å². The smallest absolute Gasteiger partial charge is 0.187 e. The molecule has 4 aliphatic carbocycles. The van der Waals surface area contributed by atoms with E-state index in [-0.39, 0.29) is 30.3 Å². The van der Waals surface area contributed by atoms with Gasteiger partial charge >= 0.3 is 0 Å². The highest BCUT2D eigenvalue weighted by Gasteiger charge is 2.64. The standard InChI is InChI=1S/C38H62O13/c1-17(2)7-6-8-18(3)19-9-10-20-27-21(11-12-37(19,20)4)38(5)14-24(41)28(43)33(22(38)13-23(27)40)50-36-34(29(44)25(42)16-48-36)51-35-32(47)31(46)30(45)26(15-39)49-35/h7,13,18-21,23-36,39-47H,6,8-12,14-16H2,1-5H3/t18-,19-,20+,21+,23+,24-,25-,26-,27+,28+,29+,30+,31+,32-,33-,34-,35?,36?,37-,38-/m1/s1. The number of hydrogen-bond donors (Lipinski definition) is 9. The molecule has 20 atom stereocenters. The molecule has 292 valence electrons. The molecule has 0 aromatic heterocycles. The van der Waals surface area contributed by atoms with Crippen molar-refractivity contribution in [1.29, 1.82) is 0 Å². The summed E-state index contributed by atoms with van der Waals surface area (Å²) in [6.07, 6.45) is -8.15. The van der Waals surface area contributed by atoms with Gasteiger partial charge in [-0.1, -0.05) is 38.5 Å². The van der Waals surface area contributed by atoms with E-state index in [1.165, 1.54) is 5.57 Å². The molecule has 3 saturated carbocycles. The van der Waals surface area contributed by atoms with Gasteiger partial charge in [-0.05, 0) is 105 Å². The lowest BCUT2D eigenvalue weighted by atomic mass is 9.45. The molecule has 2 aliphatic heterocycles. The number of aliphatic hydroxyl groups excluding tert-OH is 9. The molecule has 6 aliphatic rings. The number of hydrogen-bond acceptors (Lipinski definition) is 13. The fourth-order valence-corrected chi connectivity index (χ4v) is 11.2. The second kappa shape index (κ2) is 15.2. The van der Waals surface area contributed by atoms with Gasteiger partial charge in [-0.25, -0.2) is 0 Å². The Balaban J connectivity index is 1.25. The fraction of sp³-hybridized carbons (Fsp3) is 0.895. The van der Waals surface area contributed by atoms with Crippen molar-refractivity contribution in [3.63, 3.8) is 0 Å². The van der Waals surface area contributed by atoms with Crippen molar-refractivity contribution in [2.24, 2.45) is 40.4 Å². The van der Waals surface area contributed by atoms with E-state index in [1.807, 2.05) is 0 Å². The Kier molecular flexibility index (Phi) is 11.8. The van der Waals surface area contributed by atoms with Crippen LogP contribution < -0.4 is 0 Å². The van der Waals surface area contributed by atoms with E-state index in [2.05, 4.69) is 40.7 Å². The molecule has 6 rings (SSSR count). The van der Waals surface area contributed by atoms with Crippen LogP contribution in [0.4, 0.5) is 0 Å². The van der Waals surface area contributed by atoms with Crippen LogP contribution in [0.25, 0.3) is 0 Å². The van der Waals surface area contributed by atoms with Crippen molar-refractivity contribution in [3.8, 4) is 0 Å². The molecule has 13 heteroatoms. The average Bonchev–Trinajstić information content (AvgIpc) is 3.44. The Morgan fingerprint density at radius 3 is 2.29 bits per heavy atom. The van der Waals surface area contributed by atoms with Gasteiger partial charge in [0.05, 0.1) is 25.4 Å². The number of ether oxygens (including phenoxy) is 4. The molecule has 0 aromatic rings. The molecular formula is C38H62O13. The third kappa shape index (κ3) is 7.03. The molecule has 2 unspecified atom stereocenters. The number of rotatable bonds is 9. The van der Waals surface area contributed by atoms with Crippen molar-refractivity contribution in [2.45, 2.75) is 159 Å². The lowest BCUT2D eigenvalue weighted by Gasteiger charge is -2.61. The maximum atomic E-state index is 12.0. The van der Waals surface area contributed by atoms with E-state index in [0.29, 0.717) is 23.3 Å². The Labute approximate surface area is 300 Å². The SMILES string of the molecule is CC(C)=CCC[C@@H](C)[C@H]1CC[C@H]2[C@@H]3[C@@H](O)C=C4[C@@H](OC5OC[C@@H](O)[C@H](O)[C@H]5OC5O[C@H](CO)[C@H](O)[C@H](O)[C@H]5O)[C@@H](O)[C@H](O)C[C@]4(C)[C@H]3CC[C@]12C. The van der Waals surface area contributed by atoms with E-state index < -0.39 is 91.7 Å². The van der Waals surface area contributed by atoms with Crippen LogP contribution in [0, 0.1) is 40.4 Å². The van der Waals surface area contributed by atoms with Gasteiger partial charge in [-0.3, -0.25) is 0 Å². The molecule has 0 amide bonds. The molecule has 2 saturated heterocycles. The molecule has 5 fully saturated rings. The van der Waals surface area contributed by atoms with E-state index >= 15 is 0 Å². The second-order valence-corrected chi connectivity index (χ2v) is 17.3. The highest BCUT2D eigenvalue weighted by Crippen LogP contribution is 2.67. The number of aliphatic hydroxyl groups is 9. The molecule has 0 radical (unpaired) electrons. The van der Waals surface area contributed by atoms with E-state index in [9.17, 15) is 46.0 Å². The maximum absolute atomic E-state index is 12.0. The molecule has 0 spiro atoms. The predicted molar refractivity (Wildman–Crippen MR) is 182 cm³/mol. The Hall–Kier alpha value is -1.04. The zero-order chi connectivity index (χ0) is 37.2. The molecule has 51 heavy (non-hydrogen) atoms. The van der Waals surface area contributed by atoms with Crippen LogP contribution in [0.1, 0.15) is 79.6 Å². The summed E-state index contributed by atoms with van der Waals surface area (Å²) in [7, 11) is 0. The lowest BCUT2D eigenvalue weighted by molar-refractivity contribution is -0.363. The second-order valence-electron chi connectivity index (χ2n) is 17.3. The molecule has 9 N–H and O–H groups in total. The zero-order valence-corrected chi connectivity index (χ0v) is 30.6. The first kappa shape index (κ1) is 39.6. The van der Waals surface area contributed by atoms with Crippen molar-refractivity contribution in [2.75, 3.05) is 13.2 Å². The molecular weight excluding hydrogens is 664 g/mol. The Bertz CT molecular complexity index is 1270. The van der Waals surface area contributed by atoms with Gasteiger partial charge in [-0.2, -0.15) is 0 Å². The van der Waals surface area contributed by atoms with E-state index in [0.717, 1.165) is 38.5 Å². The number of fused-ring (bicyclic) bond motifs is 5. The summed E-state index contributed by atoms with van der Waals surface area (Å²) < 4.78 is 23.5. The minimum atomic E-state index is -1.79. The lowest BCUT2D eigenvalue weighted by Crippen LogP contribution is -2.64. The van der Waals surface area contributed by atoms with Gasteiger partial charge in [0.25, 0.3) is 0 Å². The summed E-state index contributed by atoms with van der Waals surface area (Å²) in [6, 6.07) is 0. The van der Waals surface area contributed by atoms with Crippen molar-refractivity contribution < 1.29 is 64.9 Å². The number of allylic oxidation sites excluding steroid dienone is 2. The van der Waals surface area contributed by atoms with Crippen LogP contribution in [0.3, 0.4) is 0 Å². The monoisotopic (exact) mass is 726 g/mol. The normalized spacial score (nSPS) is 51.9. The summed E-state index contributed by atoms with van der Waals surface area (Å²) in [5.74, 6) is 1.40. The highest BCUT2D eigenvalue weighted by molar-refractivity contribution is 5.32. The fourth-order valence-electron chi connectivity index (χ4n) is 11.2. The summed E-state index contributed by atoms with van der Waals surface area (Å²) in [4.78, 5) is 0.